The number of para-hydroxylation sites is 1. The molecule has 2 aromatic rings. The zero-order valence-corrected chi connectivity index (χ0v) is 14.7. The highest BCUT2D eigenvalue weighted by Gasteiger charge is 2.54. The van der Waals surface area contributed by atoms with E-state index in [0.717, 1.165) is 4.47 Å². The molecule has 0 saturated heterocycles. The van der Waals surface area contributed by atoms with Crippen molar-refractivity contribution in [2.24, 2.45) is 0 Å². The fourth-order valence-electron chi connectivity index (χ4n) is 3.32. The van der Waals surface area contributed by atoms with Crippen LogP contribution in [0, 0.1) is 10.1 Å². The van der Waals surface area contributed by atoms with Crippen molar-refractivity contribution in [3.05, 3.63) is 74.2 Å². The molecule has 0 bridgehead atoms. The van der Waals surface area contributed by atoms with Crippen molar-refractivity contribution < 1.29 is 14.5 Å². The van der Waals surface area contributed by atoms with E-state index in [2.05, 4.69) is 15.9 Å². The van der Waals surface area contributed by atoms with Gasteiger partial charge in [-0.1, -0.05) is 47.1 Å². The van der Waals surface area contributed by atoms with E-state index < -0.39 is 11.5 Å². The van der Waals surface area contributed by atoms with Crippen LogP contribution in [0.3, 0.4) is 0 Å². The number of Topliss-reactive ketones (excluding diaryl/α,β-unsaturated/α-hetero) is 1. The number of carbonyl (C=O) groups excluding carboxylic acids is 1. The lowest BCUT2D eigenvalue weighted by Crippen LogP contribution is -2.48. The van der Waals surface area contributed by atoms with Gasteiger partial charge in [-0.3, -0.25) is 14.9 Å². The molecule has 0 N–H and O–H groups in total. The fourth-order valence-corrected chi connectivity index (χ4v) is 3.73. The van der Waals surface area contributed by atoms with E-state index in [4.69, 9.17) is 4.74 Å². The molecule has 0 amide bonds. The Labute approximate surface area is 147 Å². The van der Waals surface area contributed by atoms with Gasteiger partial charge in [-0.2, -0.15) is 0 Å². The number of fused-ring (bicyclic) bond motifs is 1. The summed E-state index contributed by atoms with van der Waals surface area (Å²) in [5.41, 5.74) is -0.0517. The quantitative estimate of drug-likeness (QED) is 0.566. The van der Waals surface area contributed by atoms with Crippen molar-refractivity contribution in [3.63, 3.8) is 0 Å². The number of rotatable bonds is 5. The van der Waals surface area contributed by atoms with Crippen molar-refractivity contribution in [2.75, 3.05) is 6.54 Å². The van der Waals surface area contributed by atoms with E-state index in [1.54, 1.807) is 30.3 Å². The first-order chi connectivity index (χ1) is 11.5. The summed E-state index contributed by atoms with van der Waals surface area (Å²) in [6, 6.07) is 14.3. The molecule has 2 aromatic carbocycles. The molecule has 1 heterocycles. The summed E-state index contributed by atoms with van der Waals surface area (Å²) in [6.07, 6.45) is 0.353. The summed E-state index contributed by atoms with van der Waals surface area (Å²) in [4.78, 5) is 24.0. The first-order valence-electron chi connectivity index (χ1n) is 7.68. The molecule has 0 unspecified atom stereocenters. The summed E-state index contributed by atoms with van der Waals surface area (Å²) < 4.78 is 6.85. The zero-order valence-electron chi connectivity index (χ0n) is 13.1. The van der Waals surface area contributed by atoms with Gasteiger partial charge in [-0.05, 0) is 36.2 Å². The lowest BCUT2D eigenvalue weighted by molar-refractivity contribution is -0.486. The Bertz CT molecular complexity index is 807. The van der Waals surface area contributed by atoms with E-state index in [-0.39, 0.29) is 17.3 Å². The third-order valence-corrected chi connectivity index (χ3v) is 4.97. The smallest absolute Gasteiger partial charge is 0.215 e. The van der Waals surface area contributed by atoms with Crippen molar-refractivity contribution >= 4 is 21.7 Å². The standard InChI is InChI=1S/C18H16BrNO4/c1-2-18(17(21)14-8-3-4-9-16(14)24-18)15(11-20(22)23)12-6-5-7-13(19)10-12/h3-10,15H,2,11H2,1H3/t15-,18+/m1/s1. The number of nitro groups is 1. The Kier molecular flexibility index (Phi) is 4.41. The Balaban J connectivity index is 2.12. The maximum Gasteiger partial charge on any atom is 0.215 e. The predicted molar refractivity (Wildman–Crippen MR) is 93.2 cm³/mol. The van der Waals surface area contributed by atoms with Crippen LogP contribution in [0.4, 0.5) is 0 Å². The van der Waals surface area contributed by atoms with E-state index >= 15 is 0 Å². The third kappa shape index (κ3) is 2.71. The Morgan fingerprint density at radius 1 is 1.25 bits per heavy atom. The van der Waals surface area contributed by atoms with Gasteiger partial charge in [0.05, 0.1) is 11.5 Å². The second kappa shape index (κ2) is 6.36. The molecule has 0 radical (unpaired) electrons. The summed E-state index contributed by atoms with van der Waals surface area (Å²) in [5.74, 6) is -0.366. The van der Waals surface area contributed by atoms with Gasteiger partial charge in [0.2, 0.25) is 12.3 Å². The minimum Gasteiger partial charge on any atom is -0.477 e. The Morgan fingerprint density at radius 3 is 2.62 bits per heavy atom. The van der Waals surface area contributed by atoms with Crippen LogP contribution < -0.4 is 4.74 Å². The molecular formula is C18H16BrNO4. The van der Waals surface area contributed by atoms with Gasteiger partial charge in [0.25, 0.3) is 0 Å². The van der Waals surface area contributed by atoms with Gasteiger partial charge in [-0.15, -0.1) is 0 Å². The summed E-state index contributed by atoms with van der Waals surface area (Å²) in [7, 11) is 0. The molecular weight excluding hydrogens is 374 g/mol. The van der Waals surface area contributed by atoms with Crippen LogP contribution >= 0.6 is 15.9 Å². The van der Waals surface area contributed by atoms with Crippen LogP contribution in [0.2, 0.25) is 0 Å². The molecule has 3 rings (SSSR count). The average Bonchev–Trinajstić information content (AvgIpc) is 2.86. The first kappa shape index (κ1) is 16.6. The molecule has 2 atom stereocenters. The number of benzene rings is 2. The second-order valence-electron chi connectivity index (χ2n) is 5.79. The lowest BCUT2D eigenvalue weighted by atomic mass is 9.76. The van der Waals surface area contributed by atoms with Gasteiger partial charge in [0.1, 0.15) is 5.75 Å². The summed E-state index contributed by atoms with van der Waals surface area (Å²) in [6.45, 7) is 1.46. The van der Waals surface area contributed by atoms with Crippen molar-refractivity contribution in [3.8, 4) is 5.75 Å². The number of carbonyl (C=O) groups is 1. The van der Waals surface area contributed by atoms with Gasteiger partial charge in [-0.25, -0.2) is 0 Å². The topological polar surface area (TPSA) is 69.4 Å². The Morgan fingerprint density at radius 2 is 2.00 bits per heavy atom. The SMILES string of the molecule is CC[C@@]1([C@H](C[N+](=O)[O-])c2cccc(Br)c2)Oc2ccccc2C1=O. The number of ether oxygens (including phenoxy) is 1. The van der Waals surface area contributed by atoms with Crippen LogP contribution in [0.25, 0.3) is 0 Å². The minimum atomic E-state index is -1.25. The second-order valence-corrected chi connectivity index (χ2v) is 6.71. The number of hydrogen-bond donors (Lipinski definition) is 0. The van der Waals surface area contributed by atoms with E-state index in [1.807, 2.05) is 25.1 Å². The van der Waals surface area contributed by atoms with E-state index in [0.29, 0.717) is 23.3 Å². The number of hydrogen-bond acceptors (Lipinski definition) is 4. The first-order valence-corrected chi connectivity index (χ1v) is 8.47. The normalized spacial score (nSPS) is 20.3. The van der Waals surface area contributed by atoms with Gasteiger partial charge < -0.3 is 4.74 Å². The lowest BCUT2D eigenvalue weighted by Gasteiger charge is -2.32. The van der Waals surface area contributed by atoms with Crippen molar-refractivity contribution in [2.45, 2.75) is 24.9 Å². The molecule has 1 aliphatic heterocycles. The molecule has 5 nitrogen and oxygen atoms in total. The molecule has 1 aliphatic rings. The summed E-state index contributed by atoms with van der Waals surface area (Å²) in [5, 5.41) is 11.3. The van der Waals surface area contributed by atoms with Crippen LogP contribution in [-0.2, 0) is 0 Å². The molecule has 0 spiro atoms. The van der Waals surface area contributed by atoms with Gasteiger partial charge in [0, 0.05) is 9.40 Å². The maximum atomic E-state index is 13.1. The zero-order chi connectivity index (χ0) is 17.3. The van der Waals surface area contributed by atoms with Crippen LogP contribution in [-0.4, -0.2) is 22.9 Å². The fraction of sp³-hybridized carbons (Fsp3) is 0.278. The van der Waals surface area contributed by atoms with E-state index in [9.17, 15) is 14.9 Å². The molecule has 6 heteroatoms. The molecule has 0 aromatic heterocycles. The monoisotopic (exact) mass is 389 g/mol. The van der Waals surface area contributed by atoms with Gasteiger partial charge in [0.15, 0.2) is 5.60 Å². The minimum absolute atomic E-state index is 0.188. The largest absolute Gasteiger partial charge is 0.477 e. The third-order valence-electron chi connectivity index (χ3n) is 4.48. The molecule has 0 fully saturated rings. The predicted octanol–water partition coefficient (Wildman–Crippen LogP) is 4.23. The molecule has 124 valence electrons. The highest BCUT2D eigenvalue weighted by molar-refractivity contribution is 9.10. The number of ketones is 1. The molecule has 0 aliphatic carbocycles. The van der Waals surface area contributed by atoms with Gasteiger partial charge >= 0.3 is 0 Å². The van der Waals surface area contributed by atoms with Crippen LogP contribution in [0.1, 0.15) is 35.2 Å². The average molecular weight is 390 g/mol. The molecule has 0 saturated carbocycles. The number of nitrogens with zero attached hydrogens (tertiary/aromatic N) is 1. The van der Waals surface area contributed by atoms with E-state index in [1.165, 1.54) is 0 Å². The van der Waals surface area contributed by atoms with Crippen LogP contribution in [0.5, 0.6) is 5.75 Å². The molecule has 24 heavy (non-hydrogen) atoms. The summed E-state index contributed by atoms with van der Waals surface area (Å²) >= 11 is 3.39. The highest BCUT2D eigenvalue weighted by Crippen LogP contribution is 2.45. The number of halogens is 1. The Hall–Kier alpha value is -2.21. The van der Waals surface area contributed by atoms with Crippen molar-refractivity contribution in [1.29, 1.82) is 0 Å². The highest BCUT2D eigenvalue weighted by atomic mass is 79.9. The maximum absolute atomic E-state index is 13.1. The van der Waals surface area contributed by atoms with Crippen LogP contribution in [0.15, 0.2) is 53.0 Å². The van der Waals surface area contributed by atoms with Crippen molar-refractivity contribution in [1.82, 2.24) is 0 Å².